The third kappa shape index (κ3) is 3.69. The molecule has 1 aromatic carbocycles. The molecule has 3 nitrogen and oxygen atoms in total. The van der Waals surface area contributed by atoms with E-state index in [0.29, 0.717) is 0 Å². The van der Waals surface area contributed by atoms with Crippen LogP contribution in [0.25, 0.3) is 0 Å². The van der Waals surface area contributed by atoms with Gasteiger partial charge in [0.1, 0.15) is 4.36 Å². The van der Waals surface area contributed by atoms with Crippen molar-refractivity contribution in [2.75, 3.05) is 11.6 Å². The summed E-state index contributed by atoms with van der Waals surface area (Å²) in [6.07, 6.45) is -3.10. The molecule has 0 bridgehead atoms. The zero-order chi connectivity index (χ0) is 16.5. The first-order valence-electron chi connectivity index (χ1n) is 5.75. The maximum absolute atomic E-state index is 12.7. The zero-order valence-electron chi connectivity index (χ0n) is 10.6. The molecule has 0 saturated carbocycles. The van der Waals surface area contributed by atoms with Crippen molar-refractivity contribution in [1.82, 2.24) is 0 Å². The molecule has 2 unspecified atom stereocenters. The first-order valence-corrected chi connectivity index (χ1v) is 8.28. The summed E-state index contributed by atoms with van der Waals surface area (Å²) in [5.74, 6) is -0.967. The second kappa shape index (κ2) is 6.67. The Labute approximate surface area is 139 Å². The Balaban J connectivity index is 2.36. The van der Waals surface area contributed by atoms with Gasteiger partial charge in [-0.05, 0) is 28.9 Å². The zero-order valence-corrected chi connectivity index (χ0v) is 13.8. The van der Waals surface area contributed by atoms with Crippen LogP contribution < -0.4 is 4.90 Å². The van der Waals surface area contributed by atoms with Crippen molar-refractivity contribution in [3.05, 3.63) is 40.4 Å². The molecule has 1 aliphatic rings. The van der Waals surface area contributed by atoms with E-state index in [9.17, 15) is 22.4 Å². The van der Waals surface area contributed by atoms with Crippen LogP contribution in [0.5, 0.6) is 0 Å². The number of halogens is 6. The van der Waals surface area contributed by atoms with E-state index in [4.69, 9.17) is 11.6 Å². The molecule has 1 aliphatic heterocycles. The molecule has 1 aromatic rings. The number of carbonyl (C=O) groups excluding carboxylic acids is 1. The lowest BCUT2D eigenvalue weighted by Crippen LogP contribution is -2.24. The summed E-state index contributed by atoms with van der Waals surface area (Å²) in [6, 6.07) is 4.64. The van der Waals surface area contributed by atoms with E-state index in [-0.39, 0.29) is 10.1 Å². The van der Waals surface area contributed by atoms with Crippen LogP contribution in [0.3, 0.4) is 0 Å². The van der Waals surface area contributed by atoms with Crippen LogP contribution in [-0.4, -0.2) is 16.9 Å². The quantitative estimate of drug-likeness (QED) is 0.400. The number of rotatable bonds is 2. The Hall–Kier alpha value is -0.930. The van der Waals surface area contributed by atoms with Gasteiger partial charge in [-0.25, -0.2) is 4.39 Å². The van der Waals surface area contributed by atoms with Gasteiger partial charge in [0.2, 0.25) is 0 Å². The predicted molar refractivity (Wildman–Crippen MR) is 81.3 cm³/mol. The number of hydrogen-bond donors (Lipinski definition) is 0. The minimum atomic E-state index is -4.47. The Kier molecular flexibility index (Phi) is 5.29. The Morgan fingerprint density at radius 2 is 2.14 bits per heavy atom. The molecule has 120 valence electrons. The average Bonchev–Trinajstić information content (AvgIpc) is 2.74. The SMILES string of the molecule is O=C(CF)N=S1C(Cl)=CN(c2cccc(C(F)(F)F)c2)C1Br. The lowest BCUT2D eigenvalue weighted by atomic mass is 10.2. The molecule has 0 N–H and O–H groups in total. The van der Waals surface area contributed by atoms with E-state index < -0.39 is 39.3 Å². The molecular formula is C12H8BrClF4N2OS. The molecule has 0 saturated heterocycles. The smallest absolute Gasteiger partial charge is 0.323 e. The van der Waals surface area contributed by atoms with Crippen LogP contribution in [0.15, 0.2) is 39.2 Å². The molecule has 0 spiro atoms. The van der Waals surface area contributed by atoms with Gasteiger partial charge in [-0.3, -0.25) is 4.79 Å². The minimum Gasteiger partial charge on any atom is -0.323 e. The van der Waals surface area contributed by atoms with Crippen molar-refractivity contribution >= 4 is 49.8 Å². The van der Waals surface area contributed by atoms with Crippen LogP contribution in [0, 0.1) is 0 Å². The van der Waals surface area contributed by atoms with E-state index in [0.717, 1.165) is 12.1 Å². The topological polar surface area (TPSA) is 32.7 Å². The second-order valence-electron chi connectivity index (χ2n) is 4.11. The third-order valence-electron chi connectivity index (χ3n) is 2.63. The molecule has 1 amide bonds. The monoisotopic (exact) mass is 418 g/mol. The van der Waals surface area contributed by atoms with Gasteiger partial charge < -0.3 is 4.90 Å². The fourth-order valence-corrected chi connectivity index (χ4v) is 4.92. The molecule has 2 rings (SSSR count). The van der Waals surface area contributed by atoms with Crippen LogP contribution >= 0.6 is 27.5 Å². The number of carbonyl (C=O) groups is 1. The number of benzene rings is 1. The molecule has 0 fully saturated rings. The van der Waals surface area contributed by atoms with Gasteiger partial charge in [0, 0.05) is 11.9 Å². The van der Waals surface area contributed by atoms with Crippen molar-refractivity contribution < 1.29 is 22.4 Å². The summed E-state index contributed by atoms with van der Waals surface area (Å²) < 4.78 is 53.6. The fourth-order valence-electron chi connectivity index (χ4n) is 1.68. The van der Waals surface area contributed by atoms with Crippen molar-refractivity contribution in [1.29, 1.82) is 0 Å². The first kappa shape index (κ1) is 17.4. The fraction of sp³-hybridized carbons (Fsp3) is 0.250. The lowest BCUT2D eigenvalue weighted by Gasteiger charge is -2.21. The molecule has 0 aromatic heterocycles. The summed E-state index contributed by atoms with van der Waals surface area (Å²) in [5, 5.41) is 0. The number of anilines is 1. The van der Waals surface area contributed by atoms with Crippen molar-refractivity contribution in [2.45, 2.75) is 10.5 Å². The second-order valence-corrected chi connectivity index (χ2v) is 7.92. The standard InChI is InChI=1S/C12H8BrClF4N2OS/c13-11-20(6-9(14)22(11)19-10(21)5-15)8-3-1-2-7(4-8)12(16,17)18/h1-4,6,11H,5H2. The van der Waals surface area contributed by atoms with Gasteiger partial charge in [0.25, 0.3) is 5.91 Å². The average molecular weight is 420 g/mol. The maximum atomic E-state index is 12.7. The van der Waals surface area contributed by atoms with Crippen LogP contribution in [-0.2, 0) is 21.7 Å². The Morgan fingerprint density at radius 1 is 1.45 bits per heavy atom. The van der Waals surface area contributed by atoms with E-state index in [2.05, 4.69) is 20.3 Å². The van der Waals surface area contributed by atoms with E-state index in [1.54, 1.807) is 0 Å². The summed E-state index contributed by atoms with van der Waals surface area (Å²) in [5.41, 5.74) is -0.578. The van der Waals surface area contributed by atoms with Crippen LogP contribution in [0.1, 0.15) is 5.56 Å². The van der Waals surface area contributed by atoms with Crippen molar-refractivity contribution in [3.8, 4) is 0 Å². The lowest BCUT2D eigenvalue weighted by molar-refractivity contribution is -0.137. The largest absolute Gasteiger partial charge is 0.416 e. The Bertz CT molecular complexity index is 665. The molecule has 0 aliphatic carbocycles. The van der Waals surface area contributed by atoms with Gasteiger partial charge in [0.05, 0.1) is 5.56 Å². The summed E-state index contributed by atoms with van der Waals surface area (Å²) >= 11 is 9.19. The number of amides is 1. The van der Waals surface area contributed by atoms with Crippen LogP contribution in [0.2, 0.25) is 0 Å². The first-order chi connectivity index (χ1) is 10.2. The highest BCUT2D eigenvalue weighted by molar-refractivity contribution is 9.11. The molecule has 2 atom stereocenters. The molecule has 22 heavy (non-hydrogen) atoms. The van der Waals surface area contributed by atoms with Gasteiger partial charge in [-0.2, -0.15) is 17.5 Å². The van der Waals surface area contributed by atoms with Gasteiger partial charge >= 0.3 is 6.18 Å². The van der Waals surface area contributed by atoms with Gasteiger partial charge in [-0.1, -0.05) is 33.6 Å². The Morgan fingerprint density at radius 3 is 2.73 bits per heavy atom. The number of hydrogen-bond acceptors (Lipinski definition) is 2. The third-order valence-corrected chi connectivity index (χ3v) is 6.21. The highest BCUT2D eigenvalue weighted by Crippen LogP contribution is 2.37. The van der Waals surface area contributed by atoms with Crippen molar-refractivity contribution in [3.63, 3.8) is 0 Å². The van der Waals surface area contributed by atoms with E-state index in [1.807, 2.05) is 0 Å². The van der Waals surface area contributed by atoms with E-state index >= 15 is 0 Å². The molecule has 0 radical (unpaired) electrons. The van der Waals surface area contributed by atoms with E-state index in [1.165, 1.54) is 23.2 Å². The highest BCUT2D eigenvalue weighted by Gasteiger charge is 2.33. The predicted octanol–water partition coefficient (Wildman–Crippen LogP) is 4.54. The normalized spacial score (nSPS) is 22.1. The summed E-state index contributed by atoms with van der Waals surface area (Å²) in [7, 11) is -1.18. The van der Waals surface area contributed by atoms with Crippen LogP contribution in [0.4, 0.5) is 23.2 Å². The highest BCUT2D eigenvalue weighted by atomic mass is 79.9. The maximum Gasteiger partial charge on any atom is 0.416 e. The number of alkyl halides is 5. The molecule has 1 heterocycles. The molecule has 10 heteroatoms. The number of nitrogens with zero attached hydrogens (tertiary/aromatic N) is 2. The summed E-state index contributed by atoms with van der Waals surface area (Å²) in [6.45, 7) is -1.25. The van der Waals surface area contributed by atoms with Gasteiger partial charge in [-0.15, -0.1) is 0 Å². The van der Waals surface area contributed by atoms with Crippen molar-refractivity contribution in [2.24, 2.45) is 4.36 Å². The summed E-state index contributed by atoms with van der Waals surface area (Å²) in [4.78, 5) is 12.5. The molecular weight excluding hydrogens is 412 g/mol. The van der Waals surface area contributed by atoms with Gasteiger partial charge in [0.15, 0.2) is 11.0 Å². The minimum absolute atomic E-state index is 0.154.